The van der Waals surface area contributed by atoms with Crippen molar-refractivity contribution < 1.29 is 14.5 Å². The molecule has 0 heterocycles. The molecular weight excluding hydrogens is 272 g/mol. The molecule has 0 spiro atoms. The van der Waals surface area contributed by atoms with Gasteiger partial charge in [-0.15, -0.1) is 11.6 Å². The van der Waals surface area contributed by atoms with Crippen LogP contribution in [0.4, 0.5) is 5.69 Å². The number of halogens is 1. The number of nitro groups is 1. The van der Waals surface area contributed by atoms with Crippen molar-refractivity contribution in [3.05, 3.63) is 39.4 Å². The van der Waals surface area contributed by atoms with Crippen LogP contribution in [0.15, 0.2) is 18.2 Å². The van der Waals surface area contributed by atoms with E-state index in [2.05, 4.69) is 5.32 Å². The van der Waals surface area contributed by atoms with Gasteiger partial charge in [-0.2, -0.15) is 0 Å². The van der Waals surface area contributed by atoms with Crippen molar-refractivity contribution in [3.63, 3.8) is 0 Å². The van der Waals surface area contributed by atoms with Gasteiger partial charge < -0.3 is 10.1 Å². The number of aryl methyl sites for hydroxylation is 1. The summed E-state index contributed by atoms with van der Waals surface area (Å²) in [5, 5.41) is 13.6. The van der Waals surface area contributed by atoms with Crippen LogP contribution in [0.2, 0.25) is 0 Å². The van der Waals surface area contributed by atoms with Crippen molar-refractivity contribution in [2.45, 2.75) is 13.0 Å². The molecule has 0 aliphatic rings. The maximum atomic E-state index is 12.0. The van der Waals surface area contributed by atoms with E-state index in [1.807, 2.05) is 0 Å². The van der Waals surface area contributed by atoms with Gasteiger partial charge in [0.2, 0.25) is 0 Å². The van der Waals surface area contributed by atoms with Gasteiger partial charge in [-0.1, -0.05) is 12.1 Å². The molecule has 0 radical (unpaired) electrons. The maximum Gasteiger partial charge on any atom is 0.285 e. The van der Waals surface area contributed by atoms with Crippen LogP contribution in [0.25, 0.3) is 0 Å². The van der Waals surface area contributed by atoms with Gasteiger partial charge in [0.25, 0.3) is 11.6 Å². The Hall–Kier alpha value is -1.66. The smallest absolute Gasteiger partial charge is 0.285 e. The van der Waals surface area contributed by atoms with Crippen LogP contribution in [-0.2, 0) is 4.74 Å². The number of para-hydroxylation sites is 1. The molecule has 0 bridgehead atoms. The lowest BCUT2D eigenvalue weighted by atomic mass is 10.1. The lowest BCUT2D eigenvalue weighted by molar-refractivity contribution is -0.385. The highest BCUT2D eigenvalue weighted by Crippen LogP contribution is 2.22. The Morgan fingerprint density at radius 2 is 2.26 bits per heavy atom. The number of carbonyl (C=O) groups excluding carboxylic acids is 1. The molecule has 1 N–H and O–H groups in total. The van der Waals surface area contributed by atoms with Crippen LogP contribution >= 0.6 is 11.6 Å². The van der Waals surface area contributed by atoms with Crippen LogP contribution < -0.4 is 5.32 Å². The Bertz CT molecular complexity index is 479. The van der Waals surface area contributed by atoms with Crippen molar-refractivity contribution >= 4 is 23.2 Å². The number of rotatable bonds is 6. The molecule has 0 aliphatic carbocycles. The number of hydrogen-bond acceptors (Lipinski definition) is 4. The van der Waals surface area contributed by atoms with Gasteiger partial charge >= 0.3 is 0 Å². The van der Waals surface area contributed by atoms with Gasteiger partial charge in [-0.05, 0) is 13.0 Å². The van der Waals surface area contributed by atoms with Crippen LogP contribution in [0.1, 0.15) is 15.9 Å². The number of nitrogens with zero attached hydrogens (tertiary/aromatic N) is 1. The predicted molar refractivity (Wildman–Crippen MR) is 71.7 cm³/mol. The van der Waals surface area contributed by atoms with Crippen LogP contribution in [0, 0.1) is 17.0 Å². The molecule has 1 amide bonds. The zero-order valence-corrected chi connectivity index (χ0v) is 11.4. The normalized spacial score (nSPS) is 11.9. The highest BCUT2D eigenvalue weighted by atomic mass is 35.5. The highest BCUT2D eigenvalue weighted by molar-refractivity contribution is 6.18. The number of carbonyl (C=O) groups is 1. The Balaban J connectivity index is 3.00. The molecule has 1 unspecified atom stereocenters. The SMILES string of the molecule is COCC(CCl)NC(=O)c1cccc(C)c1[N+](=O)[O-]. The molecule has 1 aromatic carbocycles. The van der Waals surface area contributed by atoms with E-state index < -0.39 is 10.8 Å². The summed E-state index contributed by atoms with van der Waals surface area (Å²) in [5.74, 6) is -0.364. The van der Waals surface area contributed by atoms with Crippen LogP contribution in [0.5, 0.6) is 0 Å². The van der Waals surface area contributed by atoms with Gasteiger partial charge in [0, 0.05) is 18.6 Å². The minimum absolute atomic E-state index is 0.0243. The molecule has 19 heavy (non-hydrogen) atoms. The lowest BCUT2D eigenvalue weighted by Crippen LogP contribution is -2.39. The topological polar surface area (TPSA) is 81.5 Å². The van der Waals surface area contributed by atoms with Gasteiger partial charge in [-0.3, -0.25) is 14.9 Å². The Morgan fingerprint density at radius 3 is 2.79 bits per heavy atom. The molecule has 104 valence electrons. The third-order valence-corrected chi connectivity index (χ3v) is 2.93. The van der Waals surface area contributed by atoms with Crippen molar-refractivity contribution in [2.75, 3.05) is 19.6 Å². The van der Waals surface area contributed by atoms with E-state index in [1.54, 1.807) is 19.1 Å². The second-order valence-corrected chi connectivity index (χ2v) is 4.32. The first-order chi connectivity index (χ1) is 9.01. The molecule has 0 saturated carbocycles. The fourth-order valence-corrected chi connectivity index (χ4v) is 1.84. The number of nitro benzene ring substituents is 1. The summed E-state index contributed by atoms with van der Waals surface area (Å²) in [6.07, 6.45) is 0. The molecule has 1 atom stereocenters. The first-order valence-corrected chi connectivity index (χ1v) is 6.14. The third kappa shape index (κ3) is 3.90. The second kappa shape index (κ2) is 7.06. The fraction of sp³-hybridized carbons (Fsp3) is 0.417. The molecule has 1 aromatic rings. The number of amides is 1. The second-order valence-electron chi connectivity index (χ2n) is 4.01. The highest BCUT2D eigenvalue weighted by Gasteiger charge is 2.23. The number of methoxy groups -OCH3 is 1. The number of nitrogens with one attached hydrogen (secondary N) is 1. The third-order valence-electron chi connectivity index (χ3n) is 2.55. The van der Waals surface area contributed by atoms with Crippen LogP contribution in [-0.4, -0.2) is 36.5 Å². The van der Waals surface area contributed by atoms with Crippen molar-refractivity contribution in [2.24, 2.45) is 0 Å². The Kier molecular flexibility index (Phi) is 5.72. The van der Waals surface area contributed by atoms with Gasteiger partial charge in [0.15, 0.2) is 0 Å². The maximum absolute atomic E-state index is 12.0. The Labute approximate surface area is 115 Å². The average Bonchev–Trinajstić information content (AvgIpc) is 2.37. The van der Waals surface area contributed by atoms with Crippen molar-refractivity contribution in [3.8, 4) is 0 Å². The molecule has 6 nitrogen and oxygen atoms in total. The van der Waals surface area contributed by atoms with E-state index in [9.17, 15) is 14.9 Å². The van der Waals surface area contributed by atoms with E-state index >= 15 is 0 Å². The molecule has 0 fully saturated rings. The first kappa shape index (κ1) is 15.4. The van der Waals surface area contributed by atoms with E-state index in [0.717, 1.165) is 0 Å². The van der Waals surface area contributed by atoms with E-state index in [4.69, 9.17) is 16.3 Å². The van der Waals surface area contributed by atoms with Crippen molar-refractivity contribution in [1.29, 1.82) is 0 Å². The van der Waals surface area contributed by atoms with E-state index in [-0.39, 0.29) is 29.8 Å². The zero-order chi connectivity index (χ0) is 14.4. The van der Waals surface area contributed by atoms with E-state index in [1.165, 1.54) is 13.2 Å². The van der Waals surface area contributed by atoms with Crippen LogP contribution in [0.3, 0.4) is 0 Å². The minimum Gasteiger partial charge on any atom is -0.383 e. The molecular formula is C12H15ClN2O4. The molecule has 0 saturated heterocycles. The molecule has 7 heteroatoms. The summed E-state index contributed by atoms with van der Waals surface area (Å²) in [6, 6.07) is 4.21. The summed E-state index contributed by atoms with van der Waals surface area (Å²) in [6.45, 7) is 1.83. The zero-order valence-electron chi connectivity index (χ0n) is 10.7. The lowest BCUT2D eigenvalue weighted by Gasteiger charge is -2.15. The minimum atomic E-state index is -0.559. The number of ether oxygens (including phenoxy) is 1. The molecule has 0 aliphatic heterocycles. The number of benzene rings is 1. The molecule has 0 aromatic heterocycles. The monoisotopic (exact) mass is 286 g/mol. The van der Waals surface area contributed by atoms with Gasteiger partial charge in [0.05, 0.1) is 17.6 Å². The van der Waals surface area contributed by atoms with E-state index in [0.29, 0.717) is 5.56 Å². The summed E-state index contributed by atoms with van der Waals surface area (Å²) in [4.78, 5) is 22.5. The summed E-state index contributed by atoms with van der Waals surface area (Å²) in [5.41, 5.74) is 0.272. The number of hydrogen-bond donors (Lipinski definition) is 1. The summed E-state index contributed by atoms with van der Waals surface area (Å²) in [7, 11) is 1.49. The first-order valence-electron chi connectivity index (χ1n) is 5.61. The average molecular weight is 287 g/mol. The predicted octanol–water partition coefficient (Wildman–Crippen LogP) is 1.89. The van der Waals surface area contributed by atoms with Gasteiger partial charge in [-0.25, -0.2) is 0 Å². The van der Waals surface area contributed by atoms with Crippen molar-refractivity contribution in [1.82, 2.24) is 5.32 Å². The fourth-order valence-electron chi connectivity index (χ4n) is 1.67. The summed E-state index contributed by atoms with van der Waals surface area (Å²) < 4.78 is 4.90. The molecule has 1 rings (SSSR count). The largest absolute Gasteiger partial charge is 0.383 e. The van der Waals surface area contributed by atoms with Gasteiger partial charge in [0.1, 0.15) is 5.56 Å². The Morgan fingerprint density at radius 1 is 1.58 bits per heavy atom. The quantitative estimate of drug-likeness (QED) is 0.492. The number of alkyl halides is 1. The standard InChI is InChI=1S/C12H15ClN2O4/c1-8-4-3-5-10(11(8)15(17)18)12(16)14-9(6-13)7-19-2/h3-5,9H,6-7H2,1-2H3,(H,14,16). The summed E-state index contributed by atoms with van der Waals surface area (Å²) >= 11 is 5.68.